The van der Waals surface area contributed by atoms with Crippen LogP contribution < -0.4 is 0 Å². The molecule has 14 heavy (non-hydrogen) atoms. The molecule has 1 aliphatic carbocycles. The van der Waals surface area contributed by atoms with Gasteiger partial charge in [-0.15, -0.1) is 6.58 Å². The lowest BCUT2D eigenvalue weighted by Crippen LogP contribution is -2.21. The molecule has 80 valence electrons. The van der Waals surface area contributed by atoms with E-state index in [1.54, 1.807) is 0 Å². The van der Waals surface area contributed by atoms with Crippen LogP contribution in [0.3, 0.4) is 0 Å². The average Bonchev–Trinajstić information content (AvgIpc) is 2.61. The van der Waals surface area contributed by atoms with Gasteiger partial charge in [0.05, 0.1) is 0 Å². The van der Waals surface area contributed by atoms with Gasteiger partial charge in [-0.2, -0.15) is 0 Å². The molecule has 1 saturated carbocycles. The van der Waals surface area contributed by atoms with Crippen molar-refractivity contribution in [3.8, 4) is 0 Å². The molecule has 1 rings (SSSR count). The van der Waals surface area contributed by atoms with Crippen LogP contribution in [0.25, 0.3) is 0 Å². The molecule has 0 aromatic rings. The fraction of sp³-hybridized carbons (Fsp3) is 0.714. The van der Waals surface area contributed by atoms with E-state index in [1.807, 2.05) is 0 Å². The summed E-state index contributed by atoms with van der Waals surface area (Å²) >= 11 is 0. The molecule has 0 heterocycles. The molecule has 1 aliphatic rings. The van der Waals surface area contributed by atoms with Crippen molar-refractivity contribution in [2.75, 3.05) is 0 Å². The zero-order valence-electron chi connectivity index (χ0n) is 10.3. The van der Waals surface area contributed by atoms with Crippen LogP contribution in [-0.4, -0.2) is 0 Å². The summed E-state index contributed by atoms with van der Waals surface area (Å²) in [5.41, 5.74) is 0.988. The molecule has 3 unspecified atom stereocenters. The Morgan fingerprint density at radius 3 is 2.07 bits per heavy atom. The highest BCUT2D eigenvalue weighted by molar-refractivity contribution is 5.16. The van der Waals surface area contributed by atoms with Crippen LogP contribution >= 0.6 is 0 Å². The highest BCUT2D eigenvalue weighted by atomic mass is 14.6. The minimum atomic E-state index is 0.479. The first kappa shape index (κ1) is 11.6. The summed E-state index contributed by atoms with van der Waals surface area (Å²) in [5, 5.41) is 0. The van der Waals surface area contributed by atoms with Gasteiger partial charge < -0.3 is 0 Å². The van der Waals surface area contributed by atoms with Crippen LogP contribution in [0.4, 0.5) is 0 Å². The second-order valence-corrected chi connectivity index (χ2v) is 5.62. The monoisotopic (exact) mass is 192 g/mol. The Labute approximate surface area is 89.1 Å². The normalized spacial score (nSPS) is 34.1. The minimum absolute atomic E-state index is 0.479. The van der Waals surface area contributed by atoms with Crippen LogP contribution in [0.1, 0.15) is 41.0 Å². The third-order valence-electron chi connectivity index (χ3n) is 4.30. The molecular weight excluding hydrogens is 168 g/mol. The van der Waals surface area contributed by atoms with Crippen molar-refractivity contribution in [3.63, 3.8) is 0 Å². The molecule has 0 N–H and O–H groups in total. The maximum atomic E-state index is 3.92. The minimum Gasteiger partial charge on any atom is -0.103 e. The molecule has 0 amide bonds. The Morgan fingerprint density at radius 1 is 1.29 bits per heavy atom. The topological polar surface area (TPSA) is 0 Å². The Hall–Kier alpha value is -0.520. The maximum Gasteiger partial charge on any atom is -0.0114 e. The van der Waals surface area contributed by atoms with Crippen LogP contribution in [0.15, 0.2) is 24.8 Å². The van der Waals surface area contributed by atoms with E-state index >= 15 is 0 Å². The fourth-order valence-electron chi connectivity index (χ4n) is 2.76. The molecule has 0 aliphatic heterocycles. The van der Waals surface area contributed by atoms with Crippen molar-refractivity contribution in [2.24, 2.45) is 22.7 Å². The van der Waals surface area contributed by atoms with Crippen LogP contribution in [0.2, 0.25) is 0 Å². The molecular formula is C14H24. The molecule has 0 heteroatoms. The van der Waals surface area contributed by atoms with Gasteiger partial charge in [-0.05, 0) is 36.0 Å². The molecule has 1 fully saturated rings. The Kier molecular flexibility index (Phi) is 2.94. The van der Waals surface area contributed by atoms with Gasteiger partial charge in [-0.3, -0.25) is 0 Å². The van der Waals surface area contributed by atoms with Gasteiger partial charge in [0.15, 0.2) is 0 Å². The summed E-state index contributed by atoms with van der Waals surface area (Å²) in [7, 11) is 0. The first-order chi connectivity index (χ1) is 6.39. The standard InChI is InChI=1S/C14H24/c1-7-9-12(11(3)8-2)14(6)10-13(14,4)5/h7-9,11-12H,2,10H2,1,3-6H3. The number of hydrogen-bond donors (Lipinski definition) is 0. The zero-order chi connectivity index (χ0) is 11.0. The summed E-state index contributed by atoms with van der Waals surface area (Å²) < 4.78 is 0. The van der Waals surface area contributed by atoms with Gasteiger partial charge in [0.1, 0.15) is 0 Å². The quantitative estimate of drug-likeness (QED) is 0.578. The van der Waals surface area contributed by atoms with E-state index in [0.717, 1.165) is 0 Å². The van der Waals surface area contributed by atoms with E-state index in [2.05, 4.69) is 59.4 Å². The van der Waals surface area contributed by atoms with Crippen LogP contribution in [0.5, 0.6) is 0 Å². The molecule has 0 spiro atoms. The van der Waals surface area contributed by atoms with Crippen molar-refractivity contribution in [3.05, 3.63) is 24.8 Å². The molecule has 0 radical (unpaired) electrons. The van der Waals surface area contributed by atoms with Crippen molar-refractivity contribution >= 4 is 0 Å². The van der Waals surface area contributed by atoms with Gasteiger partial charge in [0.2, 0.25) is 0 Å². The smallest absolute Gasteiger partial charge is 0.0114 e. The highest BCUT2D eigenvalue weighted by Crippen LogP contribution is 2.68. The van der Waals surface area contributed by atoms with Gasteiger partial charge in [-0.1, -0.05) is 45.9 Å². The van der Waals surface area contributed by atoms with Gasteiger partial charge in [0.25, 0.3) is 0 Å². The second-order valence-electron chi connectivity index (χ2n) is 5.62. The SMILES string of the molecule is C=CC(C)C(C=CC)C1(C)CC1(C)C. The van der Waals surface area contributed by atoms with E-state index in [4.69, 9.17) is 0 Å². The Bertz CT molecular complexity index is 247. The lowest BCUT2D eigenvalue weighted by Gasteiger charge is -2.28. The summed E-state index contributed by atoms with van der Waals surface area (Å²) in [5.74, 6) is 1.23. The maximum absolute atomic E-state index is 3.92. The van der Waals surface area contributed by atoms with Crippen molar-refractivity contribution in [1.29, 1.82) is 0 Å². The summed E-state index contributed by atoms with van der Waals surface area (Å²) in [6.45, 7) is 15.5. The molecule has 0 aromatic carbocycles. The zero-order valence-corrected chi connectivity index (χ0v) is 10.3. The van der Waals surface area contributed by atoms with Crippen LogP contribution in [-0.2, 0) is 0 Å². The van der Waals surface area contributed by atoms with E-state index in [-0.39, 0.29) is 0 Å². The lowest BCUT2D eigenvalue weighted by atomic mass is 9.76. The molecule has 0 bridgehead atoms. The third-order valence-corrected chi connectivity index (χ3v) is 4.30. The van der Waals surface area contributed by atoms with Gasteiger partial charge in [-0.25, -0.2) is 0 Å². The lowest BCUT2D eigenvalue weighted by molar-refractivity contribution is 0.271. The van der Waals surface area contributed by atoms with Crippen LogP contribution in [0, 0.1) is 22.7 Å². The first-order valence-corrected chi connectivity index (χ1v) is 5.64. The molecule has 0 aromatic heterocycles. The van der Waals surface area contributed by atoms with E-state index in [1.165, 1.54) is 6.42 Å². The fourth-order valence-corrected chi connectivity index (χ4v) is 2.76. The predicted octanol–water partition coefficient (Wildman–Crippen LogP) is 4.44. The molecule has 0 nitrogen and oxygen atoms in total. The largest absolute Gasteiger partial charge is 0.103 e. The van der Waals surface area contributed by atoms with Crippen molar-refractivity contribution in [1.82, 2.24) is 0 Å². The Balaban J connectivity index is 2.85. The van der Waals surface area contributed by atoms with E-state index in [0.29, 0.717) is 22.7 Å². The molecule has 0 saturated heterocycles. The van der Waals surface area contributed by atoms with Crippen molar-refractivity contribution < 1.29 is 0 Å². The number of hydrogen-bond acceptors (Lipinski definition) is 0. The summed E-state index contributed by atoms with van der Waals surface area (Å²) in [6, 6.07) is 0. The third kappa shape index (κ3) is 1.67. The highest BCUT2D eigenvalue weighted by Gasteiger charge is 2.61. The number of rotatable bonds is 4. The van der Waals surface area contributed by atoms with E-state index in [9.17, 15) is 0 Å². The first-order valence-electron chi connectivity index (χ1n) is 5.64. The number of allylic oxidation sites excluding steroid dienone is 3. The molecule has 3 atom stereocenters. The summed E-state index contributed by atoms with van der Waals surface area (Å²) in [4.78, 5) is 0. The Morgan fingerprint density at radius 2 is 1.79 bits per heavy atom. The van der Waals surface area contributed by atoms with Gasteiger partial charge in [0, 0.05) is 0 Å². The van der Waals surface area contributed by atoms with E-state index < -0.39 is 0 Å². The summed E-state index contributed by atoms with van der Waals surface area (Å²) in [6.07, 6.45) is 7.98. The second kappa shape index (κ2) is 3.56. The predicted molar refractivity (Wildman–Crippen MR) is 64.2 cm³/mol. The average molecular weight is 192 g/mol. The van der Waals surface area contributed by atoms with Gasteiger partial charge >= 0.3 is 0 Å². The van der Waals surface area contributed by atoms with Crippen molar-refractivity contribution in [2.45, 2.75) is 41.0 Å².